The Hall–Kier alpha value is -0.770. The lowest BCUT2D eigenvalue weighted by atomic mass is 9.96. The molecule has 0 aromatic carbocycles. The molecule has 0 amide bonds. The van der Waals surface area contributed by atoms with E-state index in [1.807, 2.05) is 0 Å². The lowest BCUT2D eigenvalue weighted by molar-refractivity contribution is 0.147. The number of hydrogen-bond donors (Lipinski definition) is 1. The van der Waals surface area contributed by atoms with Crippen molar-refractivity contribution in [3.63, 3.8) is 0 Å². The van der Waals surface area contributed by atoms with Crippen LogP contribution in [0.5, 0.6) is 0 Å². The van der Waals surface area contributed by atoms with E-state index in [2.05, 4.69) is 23.6 Å². The topological polar surface area (TPSA) is 44.9 Å². The molecule has 4 nitrogen and oxygen atoms in total. The number of guanidine groups is 1. The summed E-state index contributed by atoms with van der Waals surface area (Å²) in [4.78, 5) is 9.49. The second kappa shape index (κ2) is 6.41. The van der Waals surface area contributed by atoms with Crippen LogP contribution in [-0.4, -0.2) is 54.0 Å². The zero-order valence-corrected chi connectivity index (χ0v) is 11.9. The van der Waals surface area contributed by atoms with Crippen molar-refractivity contribution in [3.05, 3.63) is 0 Å². The maximum atomic E-state index is 6.16. The minimum Gasteiger partial charge on any atom is -0.370 e. The van der Waals surface area contributed by atoms with Crippen molar-refractivity contribution in [3.8, 4) is 0 Å². The second-order valence-corrected chi connectivity index (χ2v) is 5.90. The van der Waals surface area contributed by atoms with Crippen LogP contribution in [0.15, 0.2) is 4.99 Å². The Morgan fingerprint density at radius 1 is 1.06 bits per heavy atom. The molecule has 104 valence electrons. The molecule has 0 unspecified atom stereocenters. The van der Waals surface area contributed by atoms with Crippen LogP contribution < -0.4 is 5.73 Å². The van der Waals surface area contributed by atoms with Crippen LogP contribution >= 0.6 is 0 Å². The molecular formula is C14H28N4. The summed E-state index contributed by atoms with van der Waals surface area (Å²) in [7, 11) is 0. The van der Waals surface area contributed by atoms with Gasteiger partial charge in [0.05, 0.1) is 6.04 Å². The fourth-order valence-electron chi connectivity index (χ4n) is 2.95. The monoisotopic (exact) mass is 252 g/mol. The van der Waals surface area contributed by atoms with Gasteiger partial charge < -0.3 is 10.6 Å². The van der Waals surface area contributed by atoms with E-state index >= 15 is 0 Å². The van der Waals surface area contributed by atoms with E-state index in [0.717, 1.165) is 32.1 Å². The van der Waals surface area contributed by atoms with E-state index < -0.39 is 0 Å². The van der Waals surface area contributed by atoms with Crippen LogP contribution in [0.25, 0.3) is 0 Å². The zero-order chi connectivity index (χ0) is 13.0. The average molecular weight is 252 g/mol. The third kappa shape index (κ3) is 3.61. The summed E-state index contributed by atoms with van der Waals surface area (Å²) in [6.45, 7) is 8.79. The van der Waals surface area contributed by atoms with Gasteiger partial charge >= 0.3 is 0 Å². The lowest BCUT2D eigenvalue weighted by Gasteiger charge is -2.37. The molecule has 1 aliphatic carbocycles. The minimum atomic E-state index is 0.488. The third-order valence-electron chi connectivity index (χ3n) is 4.26. The van der Waals surface area contributed by atoms with Gasteiger partial charge in [-0.15, -0.1) is 0 Å². The molecule has 2 N–H and O–H groups in total. The minimum absolute atomic E-state index is 0.488. The maximum absolute atomic E-state index is 6.16. The molecule has 0 aromatic heterocycles. The highest BCUT2D eigenvalue weighted by Crippen LogP contribution is 2.20. The predicted octanol–water partition coefficient (Wildman–Crippen LogP) is 1.66. The van der Waals surface area contributed by atoms with Gasteiger partial charge in [-0.05, 0) is 26.7 Å². The van der Waals surface area contributed by atoms with Crippen LogP contribution in [0, 0.1) is 0 Å². The Kier molecular flexibility index (Phi) is 4.87. The van der Waals surface area contributed by atoms with Crippen LogP contribution in [0.3, 0.4) is 0 Å². The number of nitrogens with two attached hydrogens (primary N) is 1. The van der Waals surface area contributed by atoms with Gasteiger partial charge in [0, 0.05) is 32.2 Å². The van der Waals surface area contributed by atoms with E-state index in [1.165, 1.54) is 32.1 Å². The summed E-state index contributed by atoms with van der Waals surface area (Å²) in [5.41, 5.74) is 6.16. The van der Waals surface area contributed by atoms with Crippen molar-refractivity contribution >= 4 is 5.96 Å². The Balaban J connectivity index is 1.82. The van der Waals surface area contributed by atoms with Crippen molar-refractivity contribution in [1.29, 1.82) is 0 Å². The first-order valence-electron chi connectivity index (χ1n) is 7.49. The molecular weight excluding hydrogens is 224 g/mol. The summed E-state index contributed by atoms with van der Waals surface area (Å²) >= 11 is 0. The van der Waals surface area contributed by atoms with Gasteiger partial charge in [0.25, 0.3) is 0 Å². The molecule has 2 fully saturated rings. The first-order valence-corrected chi connectivity index (χ1v) is 7.49. The van der Waals surface area contributed by atoms with Crippen molar-refractivity contribution < 1.29 is 0 Å². The molecule has 1 aliphatic heterocycles. The van der Waals surface area contributed by atoms with Gasteiger partial charge in [-0.25, -0.2) is 4.99 Å². The van der Waals surface area contributed by atoms with Crippen LogP contribution in [0.2, 0.25) is 0 Å². The number of piperazine rings is 1. The van der Waals surface area contributed by atoms with Gasteiger partial charge in [0.2, 0.25) is 0 Å². The number of aliphatic imine (C=N–C) groups is 1. The average Bonchev–Trinajstić information content (AvgIpc) is 2.40. The Bertz CT molecular complexity index is 274. The molecule has 0 atom stereocenters. The molecule has 4 heteroatoms. The molecule has 1 saturated carbocycles. The molecule has 1 saturated heterocycles. The summed E-state index contributed by atoms with van der Waals surface area (Å²) in [6, 6.07) is 1.13. The van der Waals surface area contributed by atoms with Crippen molar-refractivity contribution in [1.82, 2.24) is 9.80 Å². The molecule has 2 rings (SSSR count). The Labute approximate surface area is 111 Å². The fraction of sp³-hybridized carbons (Fsp3) is 0.929. The summed E-state index contributed by atoms with van der Waals surface area (Å²) in [5, 5.41) is 0. The SMILES string of the molecule is CC(C)N1CCN(C(N)=NC2CCCCC2)CC1. The molecule has 0 radical (unpaired) electrons. The maximum Gasteiger partial charge on any atom is 0.191 e. The van der Waals surface area contributed by atoms with E-state index in [4.69, 9.17) is 10.7 Å². The van der Waals surface area contributed by atoms with Gasteiger partial charge in [0.1, 0.15) is 0 Å². The Morgan fingerprint density at radius 2 is 1.67 bits per heavy atom. The highest BCUT2D eigenvalue weighted by atomic mass is 15.3. The van der Waals surface area contributed by atoms with Gasteiger partial charge in [-0.1, -0.05) is 19.3 Å². The van der Waals surface area contributed by atoms with Crippen LogP contribution in [0.4, 0.5) is 0 Å². The number of hydrogen-bond acceptors (Lipinski definition) is 2. The van der Waals surface area contributed by atoms with Crippen LogP contribution in [-0.2, 0) is 0 Å². The highest BCUT2D eigenvalue weighted by molar-refractivity contribution is 5.78. The van der Waals surface area contributed by atoms with Gasteiger partial charge in [-0.2, -0.15) is 0 Å². The summed E-state index contributed by atoms with van der Waals surface area (Å²) < 4.78 is 0. The molecule has 0 bridgehead atoms. The van der Waals surface area contributed by atoms with Crippen molar-refractivity contribution in [2.45, 2.75) is 58.0 Å². The third-order valence-corrected chi connectivity index (χ3v) is 4.26. The highest BCUT2D eigenvalue weighted by Gasteiger charge is 2.21. The van der Waals surface area contributed by atoms with E-state index in [1.54, 1.807) is 0 Å². The smallest absolute Gasteiger partial charge is 0.191 e. The van der Waals surface area contributed by atoms with E-state index in [0.29, 0.717) is 12.1 Å². The molecule has 1 heterocycles. The molecule has 0 aromatic rings. The van der Waals surface area contributed by atoms with Crippen LogP contribution in [0.1, 0.15) is 46.0 Å². The summed E-state index contributed by atoms with van der Waals surface area (Å²) in [5.74, 6) is 0.783. The number of rotatable bonds is 2. The fourth-order valence-corrected chi connectivity index (χ4v) is 2.95. The van der Waals surface area contributed by atoms with Gasteiger partial charge in [0.15, 0.2) is 5.96 Å². The summed E-state index contributed by atoms with van der Waals surface area (Å²) in [6.07, 6.45) is 6.48. The van der Waals surface area contributed by atoms with Crippen molar-refractivity contribution in [2.24, 2.45) is 10.7 Å². The Morgan fingerprint density at radius 3 is 2.22 bits per heavy atom. The first kappa shape index (κ1) is 13.7. The number of nitrogens with zero attached hydrogens (tertiary/aromatic N) is 3. The molecule has 2 aliphatic rings. The van der Waals surface area contributed by atoms with E-state index in [-0.39, 0.29) is 0 Å². The zero-order valence-electron chi connectivity index (χ0n) is 11.9. The molecule has 0 spiro atoms. The normalized spacial score (nSPS) is 24.8. The molecule has 18 heavy (non-hydrogen) atoms. The standard InChI is InChI=1S/C14H28N4/c1-12(2)17-8-10-18(11-9-17)14(15)16-13-6-4-3-5-7-13/h12-13H,3-11H2,1-2H3,(H2,15,16). The van der Waals surface area contributed by atoms with Gasteiger partial charge in [-0.3, -0.25) is 4.90 Å². The quantitative estimate of drug-likeness (QED) is 0.600. The predicted molar refractivity (Wildman–Crippen MR) is 76.8 cm³/mol. The largest absolute Gasteiger partial charge is 0.370 e. The lowest BCUT2D eigenvalue weighted by Crippen LogP contribution is -2.53. The van der Waals surface area contributed by atoms with E-state index in [9.17, 15) is 0 Å². The van der Waals surface area contributed by atoms with Crippen molar-refractivity contribution in [2.75, 3.05) is 26.2 Å². The first-order chi connectivity index (χ1) is 8.66. The second-order valence-electron chi connectivity index (χ2n) is 5.90.